The van der Waals surface area contributed by atoms with E-state index in [1.54, 1.807) is 26.0 Å². The summed E-state index contributed by atoms with van der Waals surface area (Å²) < 4.78 is 45.7. The molecule has 2 atom stereocenters. The Balaban J connectivity index is 1.47. The molecule has 1 aliphatic heterocycles. The number of hydrogen-bond donors (Lipinski definition) is 2. The maximum Gasteiger partial charge on any atom is 0.410 e. The van der Waals surface area contributed by atoms with Gasteiger partial charge in [-0.25, -0.2) is 18.0 Å². The number of carboxylic acids is 1. The number of hydrogen-bond acceptors (Lipinski definition) is 8. The lowest BCUT2D eigenvalue weighted by molar-refractivity contribution is -0.169. The van der Waals surface area contributed by atoms with E-state index in [-0.39, 0.29) is 24.4 Å². The molecule has 0 bridgehead atoms. The summed E-state index contributed by atoms with van der Waals surface area (Å²) in [6.45, 7) is 4.66. The molecule has 0 aliphatic carbocycles. The van der Waals surface area contributed by atoms with Crippen LogP contribution in [0.3, 0.4) is 0 Å². The number of para-hydroxylation sites is 1. The zero-order valence-corrected chi connectivity index (χ0v) is 26.7. The van der Waals surface area contributed by atoms with Crippen LogP contribution in [0.5, 0.6) is 5.75 Å². The molecule has 1 saturated heterocycles. The minimum absolute atomic E-state index is 0.0292. The number of halogens is 1. The van der Waals surface area contributed by atoms with Crippen molar-refractivity contribution in [2.75, 3.05) is 13.1 Å². The lowest BCUT2D eigenvalue weighted by atomic mass is 9.87. The van der Waals surface area contributed by atoms with Gasteiger partial charge in [-0.15, -0.1) is 0 Å². The number of rotatable bonds is 12. The van der Waals surface area contributed by atoms with Crippen molar-refractivity contribution in [3.63, 3.8) is 0 Å². The summed E-state index contributed by atoms with van der Waals surface area (Å²) >= 11 is 3.49. The highest BCUT2D eigenvalue weighted by atomic mass is 79.9. The Morgan fingerprint density at radius 3 is 2.25 bits per heavy atom. The van der Waals surface area contributed by atoms with Gasteiger partial charge in [0, 0.05) is 13.3 Å². The van der Waals surface area contributed by atoms with E-state index < -0.39 is 51.9 Å². The molecule has 1 aliphatic rings. The molecule has 0 spiro atoms. The van der Waals surface area contributed by atoms with Crippen molar-refractivity contribution in [1.82, 2.24) is 9.62 Å². The van der Waals surface area contributed by atoms with Crippen LogP contribution < -0.4 is 10.1 Å². The zero-order chi connectivity index (χ0) is 32.1. The summed E-state index contributed by atoms with van der Waals surface area (Å²) in [6.07, 6.45) is -2.57. The van der Waals surface area contributed by atoms with Gasteiger partial charge in [0.1, 0.15) is 11.8 Å². The molecular weight excluding hydrogens is 656 g/mol. The minimum atomic E-state index is -3.99. The Bertz CT molecular complexity index is 1610. The van der Waals surface area contributed by atoms with Crippen molar-refractivity contribution in [1.29, 1.82) is 0 Å². The molecular formula is C31H33BrN2O9S. The fraction of sp³-hybridized carbons (Fsp3) is 0.323. The fourth-order valence-corrected chi connectivity index (χ4v) is 6.52. The van der Waals surface area contributed by atoms with Gasteiger partial charge in [0.25, 0.3) is 0 Å². The van der Waals surface area contributed by atoms with Gasteiger partial charge in [-0.1, -0.05) is 68.4 Å². The second-order valence-electron chi connectivity index (χ2n) is 10.6. The third-order valence-electron chi connectivity index (χ3n) is 6.90. The van der Waals surface area contributed by atoms with Crippen molar-refractivity contribution < 1.29 is 42.1 Å². The van der Waals surface area contributed by atoms with E-state index in [1.807, 2.05) is 48.5 Å². The zero-order valence-electron chi connectivity index (χ0n) is 24.3. The molecule has 1 heterocycles. The summed E-state index contributed by atoms with van der Waals surface area (Å²) in [6, 6.07) is 21.1. The molecule has 11 nitrogen and oxygen atoms in total. The van der Waals surface area contributed by atoms with Crippen molar-refractivity contribution in [2.24, 2.45) is 5.92 Å². The van der Waals surface area contributed by atoms with E-state index in [9.17, 15) is 27.9 Å². The lowest BCUT2D eigenvalue weighted by Gasteiger charge is -2.49. The molecule has 3 aromatic carbocycles. The number of benzene rings is 3. The average molecular weight is 690 g/mol. The van der Waals surface area contributed by atoms with E-state index in [2.05, 4.69) is 21.2 Å². The number of sulfonamides is 1. The van der Waals surface area contributed by atoms with Gasteiger partial charge < -0.3 is 24.6 Å². The van der Waals surface area contributed by atoms with Gasteiger partial charge in [0.2, 0.25) is 16.3 Å². The van der Waals surface area contributed by atoms with Gasteiger partial charge in [0.15, 0.2) is 5.60 Å². The summed E-state index contributed by atoms with van der Waals surface area (Å²) in [7, 11) is -3.99. The van der Waals surface area contributed by atoms with E-state index in [0.29, 0.717) is 11.3 Å². The molecule has 0 aromatic heterocycles. The van der Waals surface area contributed by atoms with Crippen LogP contribution in [-0.4, -0.2) is 61.3 Å². The second-order valence-corrected chi connectivity index (χ2v) is 13.4. The van der Waals surface area contributed by atoms with Crippen LogP contribution in [-0.2, 0) is 41.1 Å². The highest BCUT2D eigenvalue weighted by Crippen LogP contribution is 2.41. The molecule has 1 fully saturated rings. The average Bonchev–Trinajstić information content (AvgIpc) is 2.95. The molecule has 0 saturated carbocycles. The predicted molar refractivity (Wildman–Crippen MR) is 163 cm³/mol. The highest BCUT2D eigenvalue weighted by molar-refractivity contribution is 9.10. The summed E-state index contributed by atoms with van der Waals surface area (Å²) in [5.74, 6) is -1.81. The van der Waals surface area contributed by atoms with E-state index in [4.69, 9.17) is 14.2 Å². The first-order valence-electron chi connectivity index (χ1n) is 13.8. The number of esters is 1. The Morgan fingerprint density at radius 1 is 0.955 bits per heavy atom. The van der Waals surface area contributed by atoms with Crippen LogP contribution in [0.1, 0.15) is 31.9 Å². The van der Waals surface area contributed by atoms with Crippen LogP contribution in [0.2, 0.25) is 0 Å². The smallest absolute Gasteiger partial charge is 0.410 e. The molecule has 0 radical (unpaired) electrons. The van der Waals surface area contributed by atoms with Gasteiger partial charge >= 0.3 is 18.0 Å². The molecule has 4 rings (SSSR count). The largest absolute Gasteiger partial charge is 0.480 e. The van der Waals surface area contributed by atoms with Gasteiger partial charge in [-0.2, -0.15) is 4.31 Å². The highest BCUT2D eigenvalue weighted by Gasteiger charge is 2.52. The SMILES string of the molecule is CC(OC(=O)N[C@@H](Cc1cccc(S(=O)(=O)N2CC(Oc3ccccc3Br)(c3ccccc3)C2)c1)C(=O)O)OC(=O)C(C)C. The Hall–Kier alpha value is -3.94. The van der Waals surface area contributed by atoms with Crippen LogP contribution in [0, 0.1) is 5.92 Å². The fourth-order valence-electron chi connectivity index (χ4n) is 4.55. The number of carbonyl (C=O) groups excluding carboxylic acids is 2. The number of nitrogens with one attached hydrogen (secondary N) is 1. The standard InChI is InChI=1S/C31H33BrN2O9S/c1-20(2)29(37)41-21(3)42-30(38)33-26(28(35)36)17-22-10-9-13-24(16-22)44(39,40)34-18-31(19-34,23-11-5-4-6-12-23)43-27-15-8-7-14-25(27)32/h4-16,20-21,26H,17-19H2,1-3H3,(H,33,38)(H,35,36)/t21?,26-/m0/s1. The van der Waals surface area contributed by atoms with Crippen LogP contribution in [0.4, 0.5) is 4.79 Å². The monoisotopic (exact) mass is 688 g/mol. The number of nitrogens with zero attached hydrogens (tertiary/aromatic N) is 1. The molecule has 44 heavy (non-hydrogen) atoms. The van der Waals surface area contributed by atoms with Crippen molar-refractivity contribution in [3.8, 4) is 5.75 Å². The van der Waals surface area contributed by atoms with Crippen molar-refractivity contribution >= 4 is 44.0 Å². The normalized spacial score (nSPS) is 15.8. The van der Waals surface area contributed by atoms with Gasteiger partial charge in [-0.3, -0.25) is 4.79 Å². The second kappa shape index (κ2) is 13.8. The molecule has 13 heteroatoms. The summed E-state index contributed by atoms with van der Waals surface area (Å²) in [4.78, 5) is 35.9. The van der Waals surface area contributed by atoms with E-state index in [1.165, 1.54) is 29.4 Å². The Kier molecular flexibility index (Phi) is 10.3. The van der Waals surface area contributed by atoms with Crippen LogP contribution in [0.15, 0.2) is 88.2 Å². The maximum atomic E-state index is 13.7. The number of ether oxygens (including phenoxy) is 3. The summed E-state index contributed by atoms with van der Waals surface area (Å²) in [5.41, 5.74) is 0.263. The quantitative estimate of drug-likeness (QED) is 0.204. The number of carboxylic acid groups (broad SMARTS) is 1. The maximum absolute atomic E-state index is 13.7. The molecule has 234 valence electrons. The number of carbonyl (C=O) groups is 3. The van der Waals surface area contributed by atoms with E-state index >= 15 is 0 Å². The third kappa shape index (κ3) is 7.76. The number of aliphatic carboxylic acids is 1. The van der Waals surface area contributed by atoms with Crippen molar-refractivity contribution in [2.45, 2.75) is 50.0 Å². The topological polar surface area (TPSA) is 149 Å². The number of amides is 1. The lowest BCUT2D eigenvalue weighted by Crippen LogP contribution is -2.64. The summed E-state index contributed by atoms with van der Waals surface area (Å²) in [5, 5.41) is 11.9. The Morgan fingerprint density at radius 2 is 1.61 bits per heavy atom. The third-order valence-corrected chi connectivity index (χ3v) is 9.34. The molecule has 1 unspecified atom stereocenters. The Labute approximate surface area is 264 Å². The molecule has 3 aromatic rings. The minimum Gasteiger partial charge on any atom is -0.480 e. The molecule has 2 N–H and O–H groups in total. The first kappa shape index (κ1) is 33.0. The first-order valence-corrected chi connectivity index (χ1v) is 16.0. The predicted octanol–water partition coefficient (Wildman–Crippen LogP) is 4.70. The van der Waals surface area contributed by atoms with Gasteiger partial charge in [0.05, 0.1) is 28.4 Å². The number of alkyl carbamates (subject to hydrolysis) is 1. The first-order chi connectivity index (χ1) is 20.8. The van der Waals surface area contributed by atoms with E-state index in [0.717, 1.165) is 10.0 Å². The van der Waals surface area contributed by atoms with Gasteiger partial charge in [-0.05, 0) is 51.3 Å². The van der Waals surface area contributed by atoms with Crippen LogP contribution >= 0.6 is 15.9 Å². The molecule has 1 amide bonds. The van der Waals surface area contributed by atoms with Crippen LogP contribution in [0.25, 0.3) is 0 Å². The van der Waals surface area contributed by atoms with Crippen molar-refractivity contribution in [3.05, 3.63) is 94.5 Å².